The zero-order valence-electron chi connectivity index (χ0n) is 44.0. The number of benzene rings is 9. The van der Waals surface area contributed by atoms with Gasteiger partial charge in [0.15, 0.2) is 5.69 Å². The van der Waals surface area contributed by atoms with E-state index in [1.165, 1.54) is 66.8 Å². The third-order valence-corrected chi connectivity index (χ3v) is 15.4. The van der Waals surface area contributed by atoms with E-state index in [1.54, 1.807) is 0 Å². The standard InChI is InChI=1S/C70H58N4/c1-40-12-20-55(44(5)28-40)50-16-24-59-60-25-17-51(56-21-13-41(2)29-45(56)6)35-66(60)73(65(59)34-50)69-38-63(54-32-48(9)72-49(10)33-54)64(71-11)39-70(69)74-67-36-52(57-22-14-42(3)30-46(57)7)18-26-61(67)62-27-19-53(37-68(62)74)58-23-15-43(4)31-47(58)8/h12-39H,1-10H3. The summed E-state index contributed by atoms with van der Waals surface area (Å²) < 4.78 is 4.96. The van der Waals surface area contributed by atoms with E-state index in [9.17, 15) is 0 Å². The molecule has 358 valence electrons. The summed E-state index contributed by atoms with van der Waals surface area (Å²) in [6.45, 7) is 30.5. The van der Waals surface area contributed by atoms with Gasteiger partial charge < -0.3 is 9.13 Å². The molecule has 4 nitrogen and oxygen atoms in total. The van der Waals surface area contributed by atoms with E-state index in [-0.39, 0.29) is 0 Å². The molecule has 0 atom stereocenters. The predicted molar refractivity (Wildman–Crippen MR) is 314 cm³/mol. The first kappa shape index (κ1) is 46.3. The number of aryl methyl sites for hydroxylation is 10. The normalized spacial score (nSPS) is 11.6. The lowest BCUT2D eigenvalue weighted by molar-refractivity contribution is 1.10. The van der Waals surface area contributed by atoms with Crippen molar-refractivity contribution in [3.8, 4) is 67.0 Å². The van der Waals surface area contributed by atoms with Crippen molar-refractivity contribution in [3.05, 3.63) is 237 Å². The SMILES string of the molecule is [C-]#[N+]c1cc(-n2c3cc(-c4ccc(C)cc4C)ccc3c3ccc(-c4ccc(C)cc4C)cc32)c(-n2c3cc(-c4ccc(C)cc4C)ccc3c3ccc(-c4ccc(C)cc4C)cc32)cc1-c1cc(C)nc(C)c1. The molecular weight excluding hydrogens is 897 g/mol. The Balaban J connectivity index is 1.27. The zero-order valence-corrected chi connectivity index (χ0v) is 44.0. The fraction of sp³-hybridized carbons (Fsp3) is 0.143. The molecule has 3 aromatic heterocycles. The van der Waals surface area contributed by atoms with E-state index in [1.807, 2.05) is 13.8 Å². The van der Waals surface area contributed by atoms with Gasteiger partial charge in [-0.25, -0.2) is 4.85 Å². The van der Waals surface area contributed by atoms with Gasteiger partial charge in [0.05, 0.1) is 40.0 Å². The molecular formula is C70H58N4. The summed E-state index contributed by atoms with van der Waals surface area (Å²) in [6, 6.07) is 63.6. The van der Waals surface area contributed by atoms with Crippen molar-refractivity contribution in [1.82, 2.24) is 14.1 Å². The molecule has 0 aliphatic heterocycles. The van der Waals surface area contributed by atoms with Crippen molar-refractivity contribution in [1.29, 1.82) is 0 Å². The van der Waals surface area contributed by atoms with Crippen LogP contribution in [-0.4, -0.2) is 14.1 Å². The second-order valence-corrected chi connectivity index (χ2v) is 21.0. The minimum absolute atomic E-state index is 0.576. The minimum Gasteiger partial charge on any atom is -0.308 e. The van der Waals surface area contributed by atoms with Gasteiger partial charge >= 0.3 is 0 Å². The highest BCUT2D eigenvalue weighted by Gasteiger charge is 2.25. The van der Waals surface area contributed by atoms with Crippen molar-refractivity contribution in [2.24, 2.45) is 0 Å². The maximum Gasteiger partial charge on any atom is 0.197 e. The number of fused-ring (bicyclic) bond motifs is 6. The number of aromatic nitrogens is 3. The Morgan fingerprint density at radius 3 is 0.919 bits per heavy atom. The summed E-state index contributed by atoms with van der Waals surface area (Å²) in [5.41, 5.74) is 29.8. The topological polar surface area (TPSA) is 27.1 Å². The van der Waals surface area contributed by atoms with Crippen molar-refractivity contribution in [3.63, 3.8) is 0 Å². The van der Waals surface area contributed by atoms with Gasteiger partial charge in [0.1, 0.15) is 0 Å². The van der Waals surface area contributed by atoms with Gasteiger partial charge in [0.2, 0.25) is 0 Å². The van der Waals surface area contributed by atoms with E-state index < -0.39 is 0 Å². The lowest BCUT2D eigenvalue weighted by Gasteiger charge is -2.21. The molecule has 0 bridgehead atoms. The van der Waals surface area contributed by atoms with E-state index in [2.05, 4.69) is 239 Å². The van der Waals surface area contributed by atoms with Gasteiger partial charge in [-0.05, 0) is 196 Å². The Bertz CT molecular complexity index is 4140. The monoisotopic (exact) mass is 954 g/mol. The smallest absolute Gasteiger partial charge is 0.197 e. The molecule has 0 amide bonds. The molecule has 0 saturated carbocycles. The number of hydrogen-bond donors (Lipinski definition) is 0. The van der Waals surface area contributed by atoms with E-state index in [0.29, 0.717) is 5.69 Å². The van der Waals surface area contributed by atoms with Crippen LogP contribution in [0.4, 0.5) is 5.69 Å². The minimum atomic E-state index is 0.576. The molecule has 0 aliphatic carbocycles. The Morgan fingerprint density at radius 1 is 0.311 bits per heavy atom. The number of hydrogen-bond acceptors (Lipinski definition) is 1. The average Bonchev–Trinajstić information content (AvgIpc) is 3.87. The number of pyridine rings is 1. The molecule has 0 N–H and O–H groups in total. The fourth-order valence-corrected chi connectivity index (χ4v) is 12.0. The van der Waals surface area contributed by atoms with Crippen LogP contribution in [0.25, 0.3) is 115 Å². The first-order valence-electron chi connectivity index (χ1n) is 25.7. The van der Waals surface area contributed by atoms with Crippen molar-refractivity contribution in [2.75, 3.05) is 0 Å². The number of nitrogens with zero attached hydrogens (tertiary/aromatic N) is 4. The van der Waals surface area contributed by atoms with E-state index >= 15 is 0 Å². The van der Waals surface area contributed by atoms with Gasteiger partial charge in [0, 0.05) is 32.9 Å². The third kappa shape index (κ3) is 7.79. The molecule has 9 aromatic carbocycles. The first-order chi connectivity index (χ1) is 35.7. The van der Waals surface area contributed by atoms with Crippen LogP contribution in [0.3, 0.4) is 0 Å². The van der Waals surface area contributed by atoms with Crippen molar-refractivity contribution in [2.45, 2.75) is 69.2 Å². The molecule has 12 aromatic rings. The van der Waals surface area contributed by atoms with Gasteiger partial charge in [-0.15, -0.1) is 0 Å². The second kappa shape index (κ2) is 17.8. The highest BCUT2D eigenvalue weighted by molar-refractivity contribution is 6.14. The van der Waals surface area contributed by atoms with Gasteiger partial charge in [0.25, 0.3) is 0 Å². The molecule has 0 spiro atoms. The van der Waals surface area contributed by atoms with Gasteiger partial charge in [-0.2, -0.15) is 0 Å². The summed E-state index contributed by atoms with van der Waals surface area (Å²) >= 11 is 0. The molecule has 0 aliphatic rings. The molecule has 0 saturated heterocycles. The maximum absolute atomic E-state index is 8.98. The van der Waals surface area contributed by atoms with Crippen molar-refractivity contribution >= 4 is 49.3 Å². The highest BCUT2D eigenvalue weighted by Crippen LogP contribution is 2.46. The van der Waals surface area contributed by atoms with Crippen molar-refractivity contribution < 1.29 is 0 Å². The molecule has 4 heteroatoms. The predicted octanol–water partition coefficient (Wildman–Crippen LogP) is 19.2. The largest absolute Gasteiger partial charge is 0.308 e. The maximum atomic E-state index is 8.98. The van der Waals surface area contributed by atoms with Crippen LogP contribution in [0.2, 0.25) is 0 Å². The lowest BCUT2D eigenvalue weighted by atomic mass is 9.96. The third-order valence-electron chi connectivity index (χ3n) is 15.4. The number of rotatable bonds is 7. The van der Waals surface area contributed by atoms with E-state index in [4.69, 9.17) is 11.6 Å². The van der Waals surface area contributed by atoms with Crippen LogP contribution in [0.15, 0.2) is 170 Å². The summed E-state index contributed by atoms with van der Waals surface area (Å²) in [6.07, 6.45) is 0. The second-order valence-electron chi connectivity index (χ2n) is 21.0. The van der Waals surface area contributed by atoms with Crippen LogP contribution >= 0.6 is 0 Å². The van der Waals surface area contributed by atoms with Gasteiger partial charge in [-0.1, -0.05) is 144 Å². The first-order valence-corrected chi connectivity index (χ1v) is 25.7. The van der Waals surface area contributed by atoms with E-state index in [0.717, 1.165) is 99.8 Å². The summed E-state index contributed by atoms with van der Waals surface area (Å²) in [7, 11) is 0. The van der Waals surface area contributed by atoms with Gasteiger partial charge in [-0.3, -0.25) is 4.98 Å². The molecule has 0 unspecified atom stereocenters. The van der Waals surface area contributed by atoms with Crippen LogP contribution in [0.5, 0.6) is 0 Å². The van der Waals surface area contributed by atoms with Crippen LogP contribution in [0.1, 0.15) is 55.9 Å². The molecule has 0 radical (unpaired) electrons. The Hall–Kier alpha value is -8.78. The summed E-state index contributed by atoms with van der Waals surface area (Å²) in [4.78, 5) is 9.20. The molecule has 0 fully saturated rings. The summed E-state index contributed by atoms with van der Waals surface area (Å²) in [5.74, 6) is 0. The summed E-state index contributed by atoms with van der Waals surface area (Å²) in [5, 5.41) is 4.62. The quantitative estimate of drug-likeness (QED) is 0.146. The Kier molecular flexibility index (Phi) is 11.1. The average molecular weight is 955 g/mol. The van der Waals surface area contributed by atoms with Crippen LogP contribution < -0.4 is 0 Å². The molecule has 3 heterocycles. The lowest BCUT2D eigenvalue weighted by Crippen LogP contribution is -2.05. The Morgan fingerprint density at radius 2 is 0.622 bits per heavy atom. The zero-order chi connectivity index (χ0) is 51.3. The molecule has 12 rings (SSSR count). The Labute approximate surface area is 434 Å². The highest BCUT2D eigenvalue weighted by atomic mass is 15.1. The fourth-order valence-electron chi connectivity index (χ4n) is 12.0. The molecule has 74 heavy (non-hydrogen) atoms. The van der Waals surface area contributed by atoms with Crippen LogP contribution in [-0.2, 0) is 0 Å². The van der Waals surface area contributed by atoms with Crippen LogP contribution in [0, 0.1) is 75.8 Å².